The minimum atomic E-state index is -0.112. The predicted molar refractivity (Wildman–Crippen MR) is 121 cm³/mol. The molecular weight excluding hydrogens is 422 g/mol. The van der Waals surface area contributed by atoms with E-state index in [1.807, 2.05) is 49.4 Å². The molecule has 0 bridgehead atoms. The van der Waals surface area contributed by atoms with E-state index < -0.39 is 0 Å². The molecule has 0 aliphatic carbocycles. The van der Waals surface area contributed by atoms with Crippen LogP contribution in [0.2, 0.25) is 0 Å². The zero-order valence-corrected chi connectivity index (χ0v) is 18.1. The van der Waals surface area contributed by atoms with Crippen molar-refractivity contribution >= 4 is 11.8 Å². The zero-order valence-electron chi connectivity index (χ0n) is 17.2. The van der Waals surface area contributed by atoms with Crippen LogP contribution in [-0.4, -0.2) is 34.9 Å². The average Bonchev–Trinajstić information content (AvgIpc) is 3.49. The number of benzene rings is 1. The van der Waals surface area contributed by atoms with Crippen LogP contribution in [0.4, 0.5) is 0 Å². The van der Waals surface area contributed by atoms with Gasteiger partial charge in [0.25, 0.3) is 0 Å². The molecule has 9 heteroatoms. The average molecular weight is 442 g/mol. The number of hydrogen-bond donors (Lipinski definition) is 0. The molecular formula is C23H19N7OS. The van der Waals surface area contributed by atoms with Crippen molar-refractivity contribution in [3.63, 3.8) is 0 Å². The van der Waals surface area contributed by atoms with Crippen molar-refractivity contribution in [1.29, 1.82) is 0 Å². The fourth-order valence-electron chi connectivity index (χ4n) is 3.22. The van der Waals surface area contributed by atoms with Crippen molar-refractivity contribution in [2.45, 2.75) is 23.9 Å². The van der Waals surface area contributed by atoms with Gasteiger partial charge in [0.15, 0.2) is 11.0 Å². The maximum absolute atomic E-state index is 5.53. The van der Waals surface area contributed by atoms with Crippen LogP contribution in [0.3, 0.4) is 0 Å². The second kappa shape index (κ2) is 9.11. The van der Waals surface area contributed by atoms with Crippen molar-refractivity contribution in [3.05, 3.63) is 90.8 Å². The first-order chi connectivity index (χ1) is 15.8. The van der Waals surface area contributed by atoms with Crippen LogP contribution < -0.4 is 0 Å². The normalized spacial score (nSPS) is 12.0. The van der Waals surface area contributed by atoms with E-state index in [4.69, 9.17) is 4.52 Å². The largest absolute Gasteiger partial charge is 0.338 e. The SMILES string of the molecule is C[C@@H](Sc1nnc(-c2cccnc2)n1Cc1ccccc1)c1nc(-c2ccncc2)no1. The van der Waals surface area contributed by atoms with Crippen LogP contribution in [0.1, 0.15) is 23.6 Å². The van der Waals surface area contributed by atoms with Crippen molar-refractivity contribution in [2.75, 3.05) is 0 Å². The molecule has 4 heterocycles. The van der Waals surface area contributed by atoms with E-state index in [2.05, 4.69) is 47.0 Å². The Morgan fingerprint density at radius 2 is 1.75 bits per heavy atom. The van der Waals surface area contributed by atoms with Gasteiger partial charge in [-0.15, -0.1) is 10.2 Å². The first-order valence-corrected chi connectivity index (χ1v) is 10.9. The summed E-state index contributed by atoms with van der Waals surface area (Å²) >= 11 is 1.53. The van der Waals surface area contributed by atoms with Crippen LogP contribution in [0.15, 0.2) is 89.1 Å². The molecule has 32 heavy (non-hydrogen) atoms. The highest BCUT2D eigenvalue weighted by atomic mass is 32.2. The Morgan fingerprint density at radius 1 is 0.906 bits per heavy atom. The maximum atomic E-state index is 5.53. The Balaban J connectivity index is 1.44. The summed E-state index contributed by atoms with van der Waals surface area (Å²) in [6.07, 6.45) is 6.95. The molecule has 158 valence electrons. The highest BCUT2D eigenvalue weighted by Gasteiger charge is 2.22. The number of rotatable bonds is 7. The highest BCUT2D eigenvalue weighted by Crippen LogP contribution is 2.35. The summed E-state index contributed by atoms with van der Waals surface area (Å²) in [4.78, 5) is 12.8. The molecule has 4 aromatic heterocycles. The molecule has 0 saturated heterocycles. The smallest absolute Gasteiger partial charge is 0.240 e. The topological polar surface area (TPSA) is 95.4 Å². The van der Waals surface area contributed by atoms with E-state index in [9.17, 15) is 0 Å². The standard InChI is InChI=1S/C23H19N7OS/c1-16(22-26-20(29-31-22)18-9-12-24-13-10-18)32-23-28-27-21(19-8-5-11-25-14-19)30(23)15-17-6-3-2-4-7-17/h2-14,16H,15H2,1H3/t16-/m1/s1. The summed E-state index contributed by atoms with van der Waals surface area (Å²) < 4.78 is 7.62. The molecule has 0 fully saturated rings. The summed E-state index contributed by atoms with van der Waals surface area (Å²) in [5.74, 6) is 1.83. The fourth-order valence-corrected chi connectivity index (χ4v) is 4.10. The number of pyridine rings is 2. The Kier molecular flexibility index (Phi) is 5.71. The van der Waals surface area contributed by atoms with Gasteiger partial charge in [0.05, 0.1) is 11.8 Å². The van der Waals surface area contributed by atoms with Crippen LogP contribution >= 0.6 is 11.8 Å². The minimum Gasteiger partial charge on any atom is -0.338 e. The summed E-state index contributed by atoms with van der Waals surface area (Å²) in [6.45, 7) is 2.65. The van der Waals surface area contributed by atoms with Crippen LogP contribution in [0.5, 0.6) is 0 Å². The number of aromatic nitrogens is 7. The number of hydrogen-bond acceptors (Lipinski definition) is 8. The molecule has 1 atom stereocenters. The van der Waals surface area contributed by atoms with Gasteiger partial charge in [-0.05, 0) is 36.8 Å². The number of thioether (sulfide) groups is 1. The lowest BCUT2D eigenvalue weighted by atomic mass is 10.2. The quantitative estimate of drug-likeness (QED) is 0.336. The molecule has 5 aromatic rings. The van der Waals surface area contributed by atoms with Gasteiger partial charge in [-0.2, -0.15) is 4.98 Å². The lowest BCUT2D eigenvalue weighted by Gasteiger charge is -2.12. The third kappa shape index (κ3) is 4.28. The van der Waals surface area contributed by atoms with Crippen LogP contribution in [0.25, 0.3) is 22.8 Å². The van der Waals surface area contributed by atoms with E-state index in [0.717, 1.165) is 27.7 Å². The second-order valence-electron chi connectivity index (χ2n) is 7.07. The van der Waals surface area contributed by atoms with E-state index in [1.165, 1.54) is 11.8 Å². The van der Waals surface area contributed by atoms with Crippen molar-refractivity contribution in [2.24, 2.45) is 0 Å². The van der Waals surface area contributed by atoms with Crippen molar-refractivity contribution < 1.29 is 4.52 Å². The summed E-state index contributed by atoms with van der Waals surface area (Å²) in [7, 11) is 0. The monoisotopic (exact) mass is 441 g/mol. The Morgan fingerprint density at radius 3 is 2.53 bits per heavy atom. The van der Waals surface area contributed by atoms with Gasteiger partial charge in [0, 0.05) is 35.9 Å². The van der Waals surface area contributed by atoms with Crippen molar-refractivity contribution in [3.8, 4) is 22.8 Å². The van der Waals surface area contributed by atoms with Gasteiger partial charge in [0.1, 0.15) is 0 Å². The van der Waals surface area contributed by atoms with Gasteiger partial charge >= 0.3 is 0 Å². The van der Waals surface area contributed by atoms with E-state index >= 15 is 0 Å². The molecule has 1 aromatic carbocycles. The van der Waals surface area contributed by atoms with Crippen LogP contribution in [0, 0.1) is 0 Å². The lowest BCUT2D eigenvalue weighted by molar-refractivity contribution is 0.380. The Labute approximate surface area is 188 Å². The molecule has 8 nitrogen and oxygen atoms in total. The van der Waals surface area contributed by atoms with E-state index in [1.54, 1.807) is 24.8 Å². The summed E-state index contributed by atoms with van der Waals surface area (Å²) in [5, 5.41) is 13.7. The van der Waals surface area contributed by atoms with E-state index in [-0.39, 0.29) is 5.25 Å². The third-order valence-corrected chi connectivity index (χ3v) is 5.90. The molecule has 0 N–H and O–H groups in total. The second-order valence-corrected chi connectivity index (χ2v) is 8.38. The lowest BCUT2D eigenvalue weighted by Crippen LogP contribution is -2.05. The molecule has 0 aliphatic heterocycles. The molecule has 0 aliphatic rings. The highest BCUT2D eigenvalue weighted by molar-refractivity contribution is 7.99. The Hall–Kier alpha value is -3.85. The molecule has 0 spiro atoms. The van der Waals surface area contributed by atoms with Gasteiger partial charge in [0.2, 0.25) is 11.7 Å². The fraction of sp³-hybridized carbons (Fsp3) is 0.130. The minimum absolute atomic E-state index is 0.112. The molecule has 0 radical (unpaired) electrons. The summed E-state index contributed by atoms with van der Waals surface area (Å²) in [5.41, 5.74) is 2.93. The van der Waals surface area contributed by atoms with Gasteiger partial charge in [-0.25, -0.2) is 0 Å². The summed E-state index contributed by atoms with van der Waals surface area (Å²) in [6, 6.07) is 17.8. The first kappa shape index (κ1) is 20.1. The molecule has 0 unspecified atom stereocenters. The van der Waals surface area contributed by atoms with Gasteiger partial charge in [-0.3, -0.25) is 14.5 Å². The number of nitrogens with zero attached hydrogens (tertiary/aromatic N) is 7. The molecule has 0 saturated carbocycles. The predicted octanol–water partition coefficient (Wildman–Crippen LogP) is 4.69. The van der Waals surface area contributed by atoms with Crippen molar-refractivity contribution in [1.82, 2.24) is 34.9 Å². The maximum Gasteiger partial charge on any atom is 0.240 e. The zero-order chi connectivity index (χ0) is 21.8. The third-order valence-electron chi connectivity index (χ3n) is 4.83. The Bertz CT molecular complexity index is 1290. The van der Waals surface area contributed by atoms with Crippen LogP contribution in [-0.2, 0) is 6.54 Å². The van der Waals surface area contributed by atoms with E-state index in [0.29, 0.717) is 18.3 Å². The molecule has 0 amide bonds. The first-order valence-electron chi connectivity index (χ1n) is 10.1. The van der Waals surface area contributed by atoms with Gasteiger partial charge < -0.3 is 4.52 Å². The molecule has 5 rings (SSSR count). The van der Waals surface area contributed by atoms with Gasteiger partial charge in [-0.1, -0.05) is 47.3 Å².